The van der Waals surface area contributed by atoms with E-state index in [1.807, 2.05) is 97.9 Å². The van der Waals surface area contributed by atoms with Crippen LogP contribution in [0.4, 0.5) is 4.79 Å². The van der Waals surface area contributed by atoms with Gasteiger partial charge in [0.25, 0.3) is 0 Å². The SMILES string of the molecule is C=CCOC(=O)C(N1C(=O)[C@H]([C@@H](C)O[Si](C)(C)C(C)(C)C)[C@H]1CC(=O)c1ccc2c(c1)oc(=O)n2C(=O)OCC=C)=P(c1ccccc1)(c1ccccc1)c1ccccc1. The van der Waals surface area contributed by atoms with E-state index in [1.165, 1.54) is 35.3 Å². The first-order chi connectivity index (χ1) is 28.6. The van der Waals surface area contributed by atoms with Gasteiger partial charge in [-0.25, -0.2) is 14.4 Å². The molecule has 6 rings (SSSR count). The zero-order valence-corrected chi connectivity index (χ0v) is 36.7. The van der Waals surface area contributed by atoms with Crippen molar-refractivity contribution in [1.29, 1.82) is 0 Å². The number of oxazole rings is 1. The highest BCUT2D eigenvalue weighted by atomic mass is 31.2. The number of likely N-dealkylation sites (tertiary alicyclic amines) is 1. The molecule has 0 aliphatic carbocycles. The topological polar surface area (TPSA) is 134 Å². The third-order valence-corrected chi connectivity index (χ3v) is 20.2. The van der Waals surface area contributed by atoms with Crippen molar-refractivity contribution in [2.75, 3.05) is 13.2 Å². The number of benzene rings is 4. The second kappa shape index (κ2) is 17.8. The Labute approximate surface area is 351 Å². The summed E-state index contributed by atoms with van der Waals surface area (Å²) in [6.45, 7) is 16.2. The fourth-order valence-corrected chi connectivity index (χ4v) is 13.3. The predicted molar refractivity (Wildman–Crippen MR) is 240 cm³/mol. The van der Waals surface area contributed by atoms with Gasteiger partial charge in [-0.05, 0) is 59.2 Å². The molecule has 60 heavy (non-hydrogen) atoms. The molecule has 1 amide bonds. The minimum atomic E-state index is -3.28. The fourth-order valence-electron chi connectivity index (χ4n) is 7.51. The van der Waals surface area contributed by atoms with E-state index in [9.17, 15) is 14.4 Å². The Hall–Kier alpha value is -5.81. The molecule has 1 aliphatic rings. The molecule has 0 bridgehead atoms. The Morgan fingerprint density at radius 1 is 0.817 bits per heavy atom. The zero-order valence-electron chi connectivity index (χ0n) is 34.8. The summed E-state index contributed by atoms with van der Waals surface area (Å²) in [7, 11) is -2.46. The molecule has 0 unspecified atom stereocenters. The van der Waals surface area contributed by atoms with Gasteiger partial charge in [-0.1, -0.05) is 137 Å². The van der Waals surface area contributed by atoms with Crippen LogP contribution in [0.2, 0.25) is 18.1 Å². The highest BCUT2D eigenvalue weighted by Crippen LogP contribution is 2.51. The van der Waals surface area contributed by atoms with Crippen molar-refractivity contribution in [3.8, 4) is 0 Å². The summed E-state index contributed by atoms with van der Waals surface area (Å²) in [6, 6.07) is 32.3. The number of hydrogen-bond donors (Lipinski definition) is 0. The van der Waals surface area contributed by atoms with Gasteiger partial charge in [-0.3, -0.25) is 9.59 Å². The van der Waals surface area contributed by atoms with Crippen LogP contribution in [0.25, 0.3) is 11.1 Å². The van der Waals surface area contributed by atoms with E-state index in [-0.39, 0.29) is 52.7 Å². The largest absolute Gasteiger partial charge is 0.457 e. The summed E-state index contributed by atoms with van der Waals surface area (Å²) < 4.78 is 24.0. The van der Waals surface area contributed by atoms with Gasteiger partial charge >= 0.3 is 17.8 Å². The van der Waals surface area contributed by atoms with Crippen LogP contribution in [0.1, 0.15) is 44.5 Å². The monoisotopic (exact) mass is 846 g/mol. The molecular formula is C47H51N2O9PSi. The number of aromatic nitrogens is 1. The van der Waals surface area contributed by atoms with E-state index in [0.29, 0.717) is 0 Å². The molecule has 2 heterocycles. The lowest BCUT2D eigenvalue weighted by Crippen LogP contribution is -2.69. The van der Waals surface area contributed by atoms with Gasteiger partial charge in [0.15, 0.2) is 19.7 Å². The lowest BCUT2D eigenvalue weighted by Gasteiger charge is -2.53. The van der Waals surface area contributed by atoms with Gasteiger partial charge in [0.1, 0.15) is 24.1 Å². The van der Waals surface area contributed by atoms with Crippen LogP contribution < -0.4 is 21.7 Å². The highest BCUT2D eigenvalue weighted by Gasteiger charge is 2.57. The predicted octanol–water partition coefficient (Wildman–Crippen LogP) is 7.43. The summed E-state index contributed by atoms with van der Waals surface area (Å²) >= 11 is 0. The number of nitrogens with zero attached hydrogens (tertiary/aromatic N) is 2. The van der Waals surface area contributed by atoms with Crippen LogP contribution in [0.5, 0.6) is 0 Å². The van der Waals surface area contributed by atoms with E-state index in [4.69, 9.17) is 18.3 Å². The molecule has 4 aromatic carbocycles. The van der Waals surface area contributed by atoms with Crippen molar-refractivity contribution < 1.29 is 37.5 Å². The van der Waals surface area contributed by atoms with Crippen LogP contribution in [0.3, 0.4) is 0 Å². The zero-order chi connectivity index (χ0) is 43.4. The van der Waals surface area contributed by atoms with Crippen molar-refractivity contribution in [2.45, 2.75) is 64.4 Å². The maximum absolute atomic E-state index is 15.2. The normalized spacial score (nSPS) is 16.1. The van der Waals surface area contributed by atoms with Crippen molar-refractivity contribution in [3.05, 3.63) is 151 Å². The summed E-state index contributed by atoms with van der Waals surface area (Å²) in [4.78, 5) is 71.8. The van der Waals surface area contributed by atoms with Crippen LogP contribution >= 0.6 is 6.89 Å². The maximum atomic E-state index is 15.2. The van der Waals surface area contributed by atoms with Crippen LogP contribution in [0.15, 0.2) is 144 Å². The Balaban J connectivity index is 1.59. The third-order valence-electron chi connectivity index (χ3n) is 11.4. The molecule has 5 aromatic rings. The molecule has 312 valence electrons. The molecule has 1 fully saturated rings. The minimum absolute atomic E-state index is 0.00319. The van der Waals surface area contributed by atoms with Gasteiger partial charge in [-0.2, -0.15) is 4.57 Å². The first-order valence-electron chi connectivity index (χ1n) is 19.8. The molecular weight excluding hydrogens is 796 g/mol. The van der Waals surface area contributed by atoms with Gasteiger partial charge < -0.3 is 23.2 Å². The number of carbonyl (C=O) groups is 4. The minimum Gasteiger partial charge on any atom is -0.457 e. The Morgan fingerprint density at radius 2 is 1.33 bits per heavy atom. The third kappa shape index (κ3) is 8.19. The number of ether oxygens (including phenoxy) is 2. The summed E-state index contributed by atoms with van der Waals surface area (Å²) in [5.74, 6) is -3.27. The molecule has 0 spiro atoms. The van der Waals surface area contributed by atoms with E-state index >= 15 is 9.59 Å². The van der Waals surface area contributed by atoms with Crippen molar-refractivity contribution >= 4 is 71.4 Å². The quantitative estimate of drug-likeness (QED) is 0.0264. The first kappa shape index (κ1) is 43.8. The van der Waals surface area contributed by atoms with Gasteiger partial charge in [0.2, 0.25) is 5.91 Å². The molecule has 0 radical (unpaired) electrons. The lowest BCUT2D eigenvalue weighted by atomic mass is 9.79. The number of β-lactam (4-membered cyclic amide) rings is 1. The number of amides is 1. The highest BCUT2D eigenvalue weighted by molar-refractivity contribution is 7.96. The number of fused-ring (bicyclic) bond motifs is 1. The smallest absolute Gasteiger partial charge is 0.429 e. The fraction of sp³-hybridized carbons (Fsp3) is 0.277. The van der Waals surface area contributed by atoms with E-state index in [1.54, 1.807) is 0 Å². The number of hydrogen-bond acceptors (Lipinski definition) is 9. The summed E-state index contributed by atoms with van der Waals surface area (Å²) in [6.07, 6.45) is 1.03. The molecule has 11 nitrogen and oxygen atoms in total. The maximum Gasteiger partial charge on any atom is 0.429 e. The lowest BCUT2D eigenvalue weighted by molar-refractivity contribution is -0.156. The summed E-state index contributed by atoms with van der Waals surface area (Å²) in [5, 5.41) is 2.22. The average molecular weight is 847 g/mol. The van der Waals surface area contributed by atoms with Crippen LogP contribution in [-0.2, 0) is 23.5 Å². The second-order valence-corrected chi connectivity index (χ2v) is 24.2. The van der Waals surface area contributed by atoms with E-state index < -0.39 is 56.9 Å². The van der Waals surface area contributed by atoms with Gasteiger partial charge in [-0.15, -0.1) is 0 Å². The number of esters is 1. The first-order valence-corrected chi connectivity index (χ1v) is 24.5. The van der Waals surface area contributed by atoms with Gasteiger partial charge in [0.05, 0.1) is 18.1 Å². The van der Waals surface area contributed by atoms with Gasteiger partial charge in [0, 0.05) is 18.9 Å². The van der Waals surface area contributed by atoms with Crippen LogP contribution in [0, 0.1) is 5.92 Å². The number of rotatable bonds is 15. The Morgan fingerprint density at radius 3 is 1.83 bits per heavy atom. The van der Waals surface area contributed by atoms with E-state index in [2.05, 4.69) is 47.0 Å². The number of carbonyl (C=O) groups excluding carboxylic acids is 4. The standard InChI is InChI=1S/C47H51N2O9PSi/c1-9-28-55-44(52)43(59(34-20-14-11-15-21-34,35-22-16-12-17-23-35)36-24-18-13-19-25-36)48-38(41(42(48)51)32(3)58-60(7,8)47(4,5)6)31-39(50)33-26-27-37-40(30-33)57-46(54)49(37)45(53)56-29-10-2/h9-27,30,32,38,41H,1-2,28-29,31H2,3-8H3/t32-,38-,41-/m1/s1. The van der Waals surface area contributed by atoms with Crippen molar-refractivity contribution in [1.82, 2.24) is 9.47 Å². The Kier molecular flexibility index (Phi) is 13.0. The molecule has 0 saturated carbocycles. The molecule has 13 heteroatoms. The second-order valence-electron chi connectivity index (χ2n) is 16.2. The molecule has 1 aliphatic heterocycles. The average Bonchev–Trinajstić information content (AvgIpc) is 3.57. The molecule has 0 N–H and O–H groups in total. The summed E-state index contributed by atoms with van der Waals surface area (Å²) in [5.41, 5.74) is 0.411. The van der Waals surface area contributed by atoms with Crippen LogP contribution in [-0.4, -0.2) is 72.3 Å². The molecule has 1 aromatic heterocycles. The molecule has 1 saturated heterocycles. The van der Waals surface area contributed by atoms with Crippen molar-refractivity contribution in [2.24, 2.45) is 5.92 Å². The number of ketones is 1. The van der Waals surface area contributed by atoms with E-state index in [0.717, 1.165) is 20.5 Å². The Bertz CT molecular complexity index is 2440. The number of Topliss-reactive ketones (excluding diaryl/α,β-unsaturated/α-hetero) is 1. The van der Waals surface area contributed by atoms with Crippen molar-refractivity contribution in [3.63, 3.8) is 0 Å². The molecule has 3 atom stereocenters.